The zero-order valence-electron chi connectivity index (χ0n) is 8.69. The Hall–Kier alpha value is -0.880. The fraction of sp³-hybridized carbons (Fsp3) is 0.667. The summed E-state index contributed by atoms with van der Waals surface area (Å²) in [6.45, 7) is 2.78. The van der Waals surface area contributed by atoms with E-state index in [0.29, 0.717) is 6.54 Å². The van der Waals surface area contributed by atoms with Crippen LogP contribution < -0.4 is 10.6 Å². The third kappa shape index (κ3) is 4.44. The topological polar surface area (TPSA) is 75.3 Å². The van der Waals surface area contributed by atoms with Crippen LogP contribution in [0.4, 0.5) is 0 Å². The molecule has 0 saturated heterocycles. The Balaban J connectivity index is 2.22. The maximum atomic E-state index is 11.2. The molecule has 0 radical (unpaired) electrons. The van der Waals surface area contributed by atoms with Gasteiger partial charge in [-0.1, -0.05) is 13.0 Å². The Kier molecular flexibility index (Phi) is 4.28. The molecular weight excluding hydrogens is 216 g/mol. The van der Waals surface area contributed by atoms with Crippen LogP contribution in [0.3, 0.4) is 0 Å². The number of amides is 1. The number of nitrogens with one attached hydrogen (secondary N) is 2. The lowest BCUT2D eigenvalue weighted by Gasteiger charge is -2.09. The quantitative estimate of drug-likeness (QED) is 0.664. The third-order valence-corrected chi connectivity index (χ3v) is 3.42. The first-order valence-corrected chi connectivity index (χ1v) is 6.66. The molecule has 0 aliphatic carbocycles. The van der Waals surface area contributed by atoms with Crippen molar-refractivity contribution < 1.29 is 13.2 Å². The van der Waals surface area contributed by atoms with E-state index in [0.717, 1.165) is 6.42 Å². The van der Waals surface area contributed by atoms with Gasteiger partial charge in [0.05, 0.1) is 12.3 Å². The molecule has 86 valence electrons. The highest BCUT2D eigenvalue weighted by Gasteiger charge is 2.21. The first kappa shape index (κ1) is 12.2. The predicted molar refractivity (Wildman–Crippen MR) is 58.0 cm³/mol. The van der Waals surface area contributed by atoms with Crippen molar-refractivity contribution in [3.05, 3.63) is 11.5 Å². The van der Waals surface area contributed by atoms with Crippen molar-refractivity contribution in [2.45, 2.75) is 19.4 Å². The van der Waals surface area contributed by atoms with Gasteiger partial charge in [-0.15, -0.1) is 0 Å². The van der Waals surface area contributed by atoms with E-state index in [4.69, 9.17) is 0 Å². The normalized spacial score (nSPS) is 22.9. The zero-order chi connectivity index (χ0) is 11.3. The SMILES string of the molecule is CCCNC(=O)CNC1C=CS(=O)(=O)C1. The molecule has 0 saturated carbocycles. The van der Waals surface area contributed by atoms with Gasteiger partial charge in [-0.2, -0.15) is 0 Å². The summed E-state index contributed by atoms with van der Waals surface area (Å²) in [5.41, 5.74) is 0. The standard InChI is InChI=1S/C9H16N2O3S/c1-2-4-10-9(12)6-11-8-3-5-15(13,14)7-8/h3,5,8,11H,2,4,6-7H2,1H3,(H,10,12). The molecule has 2 N–H and O–H groups in total. The van der Waals surface area contributed by atoms with Crippen LogP contribution in [-0.4, -0.2) is 39.2 Å². The lowest BCUT2D eigenvalue weighted by molar-refractivity contribution is -0.120. The van der Waals surface area contributed by atoms with E-state index in [1.165, 1.54) is 5.41 Å². The third-order valence-electron chi connectivity index (χ3n) is 2.03. The van der Waals surface area contributed by atoms with Crippen molar-refractivity contribution in [1.82, 2.24) is 10.6 Å². The number of rotatable bonds is 5. The average Bonchev–Trinajstić information content (AvgIpc) is 2.52. The van der Waals surface area contributed by atoms with Crippen LogP contribution in [0.5, 0.6) is 0 Å². The van der Waals surface area contributed by atoms with E-state index in [1.807, 2.05) is 6.92 Å². The highest BCUT2D eigenvalue weighted by Crippen LogP contribution is 2.06. The van der Waals surface area contributed by atoms with Gasteiger partial charge in [0.15, 0.2) is 9.84 Å². The van der Waals surface area contributed by atoms with Gasteiger partial charge in [0.25, 0.3) is 0 Å². The molecule has 6 heteroatoms. The van der Waals surface area contributed by atoms with Crippen molar-refractivity contribution in [2.24, 2.45) is 0 Å². The molecule has 1 aliphatic rings. The summed E-state index contributed by atoms with van der Waals surface area (Å²) in [4.78, 5) is 11.2. The number of sulfone groups is 1. The van der Waals surface area contributed by atoms with Crippen LogP contribution in [0.1, 0.15) is 13.3 Å². The first-order chi connectivity index (χ1) is 7.03. The molecule has 0 spiro atoms. The lowest BCUT2D eigenvalue weighted by atomic mass is 10.3. The summed E-state index contributed by atoms with van der Waals surface area (Å²) in [5, 5.41) is 6.76. The van der Waals surface area contributed by atoms with Crippen LogP contribution in [0.25, 0.3) is 0 Å². The van der Waals surface area contributed by atoms with Crippen LogP contribution >= 0.6 is 0 Å². The van der Waals surface area contributed by atoms with E-state index >= 15 is 0 Å². The Labute approximate surface area is 89.8 Å². The maximum Gasteiger partial charge on any atom is 0.233 e. The highest BCUT2D eigenvalue weighted by atomic mass is 32.2. The molecule has 0 bridgehead atoms. The van der Waals surface area contributed by atoms with Gasteiger partial charge in [0.2, 0.25) is 5.91 Å². The Morgan fingerprint density at radius 1 is 1.53 bits per heavy atom. The van der Waals surface area contributed by atoms with Gasteiger partial charge in [0.1, 0.15) is 0 Å². The molecule has 0 aromatic carbocycles. The van der Waals surface area contributed by atoms with Crippen LogP contribution in [0.2, 0.25) is 0 Å². The van der Waals surface area contributed by atoms with Crippen LogP contribution in [0.15, 0.2) is 11.5 Å². The summed E-state index contributed by atoms with van der Waals surface area (Å²) in [7, 11) is -3.04. The predicted octanol–water partition coefficient (Wildman–Crippen LogP) is -0.587. The fourth-order valence-electron chi connectivity index (χ4n) is 1.25. The summed E-state index contributed by atoms with van der Waals surface area (Å²) in [6, 6.07) is -0.234. The van der Waals surface area contributed by atoms with Crippen molar-refractivity contribution in [3.8, 4) is 0 Å². The highest BCUT2D eigenvalue weighted by molar-refractivity contribution is 7.94. The minimum absolute atomic E-state index is 0.0497. The summed E-state index contributed by atoms with van der Waals surface area (Å²) < 4.78 is 22.1. The van der Waals surface area contributed by atoms with Gasteiger partial charge in [0, 0.05) is 18.0 Å². The molecule has 15 heavy (non-hydrogen) atoms. The van der Waals surface area contributed by atoms with Crippen molar-refractivity contribution in [2.75, 3.05) is 18.8 Å². The molecule has 0 aromatic heterocycles. The number of hydrogen-bond donors (Lipinski definition) is 2. The van der Waals surface area contributed by atoms with E-state index in [2.05, 4.69) is 10.6 Å². The van der Waals surface area contributed by atoms with Crippen molar-refractivity contribution in [3.63, 3.8) is 0 Å². The summed E-state index contributed by atoms with van der Waals surface area (Å²) in [5.74, 6) is -0.0526. The van der Waals surface area contributed by atoms with E-state index in [-0.39, 0.29) is 24.2 Å². The maximum absolute atomic E-state index is 11.2. The smallest absolute Gasteiger partial charge is 0.233 e. The van der Waals surface area contributed by atoms with Crippen LogP contribution in [-0.2, 0) is 14.6 Å². The number of carbonyl (C=O) groups excluding carboxylic acids is 1. The molecule has 5 nitrogen and oxygen atoms in total. The van der Waals surface area contributed by atoms with E-state index < -0.39 is 9.84 Å². The lowest BCUT2D eigenvalue weighted by Crippen LogP contribution is -2.39. The summed E-state index contributed by atoms with van der Waals surface area (Å²) in [6.07, 6.45) is 2.46. The Bertz CT molecular complexity index is 348. The number of hydrogen-bond acceptors (Lipinski definition) is 4. The van der Waals surface area contributed by atoms with Gasteiger partial charge < -0.3 is 10.6 Å². The minimum Gasteiger partial charge on any atom is -0.355 e. The fourth-order valence-corrected chi connectivity index (χ4v) is 2.52. The number of carbonyl (C=O) groups is 1. The van der Waals surface area contributed by atoms with Gasteiger partial charge in [-0.25, -0.2) is 8.42 Å². The molecule has 1 amide bonds. The average molecular weight is 232 g/mol. The molecular formula is C9H16N2O3S. The van der Waals surface area contributed by atoms with E-state index in [9.17, 15) is 13.2 Å². The monoisotopic (exact) mass is 232 g/mol. The largest absolute Gasteiger partial charge is 0.355 e. The second-order valence-electron chi connectivity index (χ2n) is 3.50. The Morgan fingerprint density at radius 3 is 2.80 bits per heavy atom. The molecule has 1 aliphatic heterocycles. The second kappa shape index (κ2) is 5.27. The second-order valence-corrected chi connectivity index (χ2v) is 5.43. The van der Waals surface area contributed by atoms with Crippen molar-refractivity contribution in [1.29, 1.82) is 0 Å². The van der Waals surface area contributed by atoms with Crippen molar-refractivity contribution >= 4 is 15.7 Å². The molecule has 1 heterocycles. The van der Waals surface area contributed by atoms with Gasteiger partial charge in [-0.3, -0.25) is 4.79 Å². The first-order valence-electron chi connectivity index (χ1n) is 4.94. The van der Waals surface area contributed by atoms with Crippen LogP contribution in [0, 0.1) is 0 Å². The molecule has 1 unspecified atom stereocenters. The van der Waals surface area contributed by atoms with Gasteiger partial charge in [-0.05, 0) is 6.42 Å². The summed E-state index contributed by atoms with van der Waals surface area (Å²) >= 11 is 0. The van der Waals surface area contributed by atoms with Gasteiger partial charge >= 0.3 is 0 Å². The molecule has 1 atom stereocenters. The zero-order valence-corrected chi connectivity index (χ0v) is 9.51. The minimum atomic E-state index is -3.04. The molecule has 0 fully saturated rings. The molecule has 1 rings (SSSR count). The van der Waals surface area contributed by atoms with E-state index in [1.54, 1.807) is 6.08 Å². The Morgan fingerprint density at radius 2 is 2.27 bits per heavy atom. The molecule has 0 aromatic rings.